The van der Waals surface area contributed by atoms with E-state index in [1.54, 1.807) is 18.5 Å². The zero-order chi connectivity index (χ0) is 19.8. The molecule has 0 spiro atoms. The molecule has 1 aromatic heterocycles. The fourth-order valence-electron chi connectivity index (χ4n) is 2.60. The standard InChI is InChI=1S/C17H18N4O4S2/c1-20-10-18-16-12(5-4-6-13(16)20)19-17(22)21(26)14-9-11(27(3,23)24)7-8-15(14)25-2/h4-10,26H,1-3H3,(H,19,22). The molecule has 27 heavy (non-hydrogen) atoms. The van der Waals surface area contributed by atoms with Gasteiger partial charge < -0.3 is 14.6 Å². The number of thiol groups is 1. The fourth-order valence-corrected chi connectivity index (χ4v) is 3.45. The lowest BCUT2D eigenvalue weighted by Crippen LogP contribution is -2.27. The van der Waals surface area contributed by atoms with Gasteiger partial charge in [-0.2, -0.15) is 0 Å². The number of urea groups is 1. The van der Waals surface area contributed by atoms with Crippen molar-refractivity contribution in [2.45, 2.75) is 4.90 Å². The predicted octanol–water partition coefficient (Wildman–Crippen LogP) is 2.87. The van der Waals surface area contributed by atoms with E-state index < -0.39 is 15.9 Å². The molecule has 3 aromatic rings. The highest BCUT2D eigenvalue weighted by atomic mass is 32.2. The molecule has 10 heteroatoms. The number of rotatable bonds is 4. The summed E-state index contributed by atoms with van der Waals surface area (Å²) in [5.74, 6) is 0.309. The maximum absolute atomic E-state index is 12.7. The number of aryl methyl sites for hydroxylation is 1. The summed E-state index contributed by atoms with van der Waals surface area (Å²) in [7, 11) is -0.177. The second kappa shape index (κ2) is 7.12. The van der Waals surface area contributed by atoms with E-state index >= 15 is 0 Å². The zero-order valence-corrected chi connectivity index (χ0v) is 16.6. The van der Waals surface area contributed by atoms with Crippen molar-refractivity contribution in [1.29, 1.82) is 0 Å². The monoisotopic (exact) mass is 406 g/mol. The Kier molecular flexibility index (Phi) is 5.03. The normalized spacial score (nSPS) is 11.4. The Morgan fingerprint density at radius 1 is 1.30 bits per heavy atom. The minimum atomic E-state index is -3.46. The van der Waals surface area contributed by atoms with E-state index in [2.05, 4.69) is 23.1 Å². The molecule has 0 radical (unpaired) electrons. The quantitative estimate of drug-likeness (QED) is 0.650. The molecule has 0 unspecified atom stereocenters. The Bertz CT molecular complexity index is 1130. The molecule has 1 heterocycles. The maximum atomic E-state index is 12.7. The molecule has 1 N–H and O–H groups in total. The van der Waals surface area contributed by atoms with Crippen molar-refractivity contribution in [3.63, 3.8) is 0 Å². The van der Waals surface area contributed by atoms with E-state index in [0.717, 1.165) is 16.1 Å². The molecule has 0 saturated carbocycles. The van der Waals surface area contributed by atoms with Crippen LogP contribution in [0.15, 0.2) is 47.6 Å². The van der Waals surface area contributed by atoms with E-state index in [0.29, 0.717) is 17.0 Å². The van der Waals surface area contributed by atoms with Gasteiger partial charge in [0.2, 0.25) is 0 Å². The Hall–Kier alpha value is -2.72. The summed E-state index contributed by atoms with van der Waals surface area (Å²) in [4.78, 5) is 17.0. The van der Waals surface area contributed by atoms with Gasteiger partial charge in [-0.15, -0.1) is 0 Å². The molecule has 2 amide bonds. The van der Waals surface area contributed by atoms with Crippen LogP contribution in [0.1, 0.15) is 0 Å². The molecule has 142 valence electrons. The van der Waals surface area contributed by atoms with Crippen LogP contribution in [-0.2, 0) is 16.9 Å². The summed E-state index contributed by atoms with van der Waals surface area (Å²) in [5, 5.41) is 2.74. The van der Waals surface area contributed by atoms with Crippen molar-refractivity contribution in [1.82, 2.24) is 9.55 Å². The predicted molar refractivity (Wildman–Crippen MR) is 107 cm³/mol. The number of nitrogens with one attached hydrogen (secondary N) is 1. The summed E-state index contributed by atoms with van der Waals surface area (Å²) in [6, 6.07) is 9.04. The van der Waals surface area contributed by atoms with Crippen LogP contribution in [0.4, 0.5) is 16.2 Å². The molecule has 0 aliphatic rings. The third-order valence-corrected chi connectivity index (χ3v) is 5.50. The van der Waals surface area contributed by atoms with Gasteiger partial charge in [-0.05, 0) is 30.3 Å². The van der Waals surface area contributed by atoms with Gasteiger partial charge in [0.1, 0.15) is 17.0 Å². The number of hydrogen-bond acceptors (Lipinski definition) is 6. The fraction of sp³-hybridized carbons (Fsp3) is 0.176. The van der Waals surface area contributed by atoms with E-state index in [-0.39, 0.29) is 10.6 Å². The van der Waals surface area contributed by atoms with Gasteiger partial charge >= 0.3 is 6.03 Å². The van der Waals surface area contributed by atoms with Crippen LogP contribution in [0, 0.1) is 0 Å². The van der Waals surface area contributed by atoms with Gasteiger partial charge in [0.15, 0.2) is 9.84 Å². The Labute approximate surface area is 162 Å². The first-order valence-corrected chi connectivity index (χ1v) is 10.1. The number of fused-ring (bicyclic) bond motifs is 1. The van der Waals surface area contributed by atoms with Crippen molar-refractivity contribution in [3.05, 3.63) is 42.7 Å². The SMILES string of the molecule is COc1ccc(S(C)(=O)=O)cc1N(S)C(=O)Nc1cccc2c1ncn2C. The first-order valence-electron chi connectivity index (χ1n) is 7.80. The maximum Gasteiger partial charge on any atom is 0.336 e. The van der Waals surface area contributed by atoms with E-state index in [1.165, 1.54) is 25.3 Å². The summed E-state index contributed by atoms with van der Waals surface area (Å²) in [5.41, 5.74) is 2.20. The highest BCUT2D eigenvalue weighted by molar-refractivity contribution is 7.90. The third-order valence-electron chi connectivity index (χ3n) is 4.00. The van der Waals surface area contributed by atoms with Gasteiger partial charge in [-0.1, -0.05) is 18.9 Å². The highest BCUT2D eigenvalue weighted by Crippen LogP contribution is 2.33. The van der Waals surface area contributed by atoms with Crippen LogP contribution in [0.2, 0.25) is 0 Å². The molecule has 0 fully saturated rings. The number of hydrogen-bond donors (Lipinski definition) is 2. The molecule has 0 aliphatic carbocycles. The number of aromatic nitrogens is 2. The number of ether oxygens (including phenoxy) is 1. The Balaban J connectivity index is 1.95. The number of para-hydroxylation sites is 1. The molecular formula is C17H18N4O4S2. The van der Waals surface area contributed by atoms with Crippen LogP contribution in [0.25, 0.3) is 11.0 Å². The minimum Gasteiger partial charge on any atom is -0.495 e. The molecule has 0 aliphatic heterocycles. The van der Waals surface area contributed by atoms with Crippen LogP contribution in [0.5, 0.6) is 5.75 Å². The number of anilines is 2. The molecule has 0 bridgehead atoms. The number of imidazole rings is 1. The summed E-state index contributed by atoms with van der Waals surface area (Å²) < 4.78 is 31.7. The first-order chi connectivity index (χ1) is 12.7. The van der Waals surface area contributed by atoms with Crippen molar-refractivity contribution < 1.29 is 17.9 Å². The molecule has 2 aromatic carbocycles. The lowest BCUT2D eigenvalue weighted by Gasteiger charge is -2.20. The molecular weight excluding hydrogens is 388 g/mol. The number of amides is 2. The van der Waals surface area contributed by atoms with Crippen LogP contribution in [0.3, 0.4) is 0 Å². The smallest absolute Gasteiger partial charge is 0.336 e. The highest BCUT2D eigenvalue weighted by Gasteiger charge is 2.20. The Morgan fingerprint density at radius 3 is 2.70 bits per heavy atom. The van der Waals surface area contributed by atoms with Gasteiger partial charge in [-0.3, -0.25) is 0 Å². The summed E-state index contributed by atoms with van der Waals surface area (Å²) >= 11 is 4.23. The lowest BCUT2D eigenvalue weighted by atomic mass is 10.2. The van der Waals surface area contributed by atoms with Crippen molar-refractivity contribution in [2.75, 3.05) is 23.0 Å². The number of methoxy groups -OCH3 is 1. The van der Waals surface area contributed by atoms with Gasteiger partial charge in [-0.25, -0.2) is 22.5 Å². The second-order valence-corrected chi connectivity index (χ2v) is 8.29. The summed E-state index contributed by atoms with van der Waals surface area (Å²) in [6.07, 6.45) is 2.74. The first kappa shape index (κ1) is 19.1. The van der Waals surface area contributed by atoms with E-state index in [9.17, 15) is 13.2 Å². The molecule has 8 nitrogen and oxygen atoms in total. The lowest BCUT2D eigenvalue weighted by molar-refractivity contribution is 0.260. The molecule has 3 rings (SSSR count). The topological polar surface area (TPSA) is 93.5 Å². The van der Waals surface area contributed by atoms with Crippen LogP contribution in [-0.4, -0.2) is 37.4 Å². The molecule has 0 atom stereocenters. The second-order valence-electron chi connectivity index (χ2n) is 5.88. The number of benzene rings is 2. The van der Waals surface area contributed by atoms with Crippen molar-refractivity contribution in [2.24, 2.45) is 7.05 Å². The largest absolute Gasteiger partial charge is 0.495 e. The molecule has 0 saturated heterocycles. The van der Waals surface area contributed by atoms with Gasteiger partial charge in [0, 0.05) is 13.3 Å². The van der Waals surface area contributed by atoms with Crippen molar-refractivity contribution in [3.8, 4) is 5.75 Å². The minimum absolute atomic E-state index is 0.0528. The van der Waals surface area contributed by atoms with E-state index in [4.69, 9.17) is 4.74 Å². The number of sulfone groups is 1. The number of carbonyl (C=O) groups excluding carboxylic acids is 1. The van der Waals surface area contributed by atoms with Crippen LogP contribution < -0.4 is 14.4 Å². The van der Waals surface area contributed by atoms with Gasteiger partial charge in [0.05, 0.1) is 29.5 Å². The average Bonchev–Trinajstić information content (AvgIpc) is 3.02. The van der Waals surface area contributed by atoms with Crippen LogP contribution >= 0.6 is 12.8 Å². The number of carbonyl (C=O) groups is 1. The Morgan fingerprint density at radius 2 is 2.04 bits per heavy atom. The average molecular weight is 406 g/mol. The summed E-state index contributed by atoms with van der Waals surface area (Å²) in [6.45, 7) is 0. The van der Waals surface area contributed by atoms with Gasteiger partial charge in [0.25, 0.3) is 0 Å². The zero-order valence-electron chi connectivity index (χ0n) is 14.9. The van der Waals surface area contributed by atoms with E-state index in [1.807, 2.05) is 17.7 Å². The third kappa shape index (κ3) is 3.71. The van der Waals surface area contributed by atoms with Crippen molar-refractivity contribution >= 4 is 51.1 Å². The number of nitrogens with zero attached hydrogens (tertiary/aromatic N) is 3.